The van der Waals surface area contributed by atoms with E-state index in [1.165, 1.54) is 12.1 Å². The lowest BCUT2D eigenvalue weighted by Gasteiger charge is -2.16. The highest BCUT2D eigenvalue weighted by molar-refractivity contribution is 7.90. The molecule has 1 N–H and O–H groups in total. The first-order valence-electron chi connectivity index (χ1n) is 5.16. The van der Waals surface area contributed by atoms with Crippen LogP contribution in [-0.2, 0) is 20.4 Å². The van der Waals surface area contributed by atoms with Crippen molar-refractivity contribution in [3.05, 3.63) is 35.9 Å². The highest BCUT2D eigenvalue weighted by Crippen LogP contribution is 2.28. The van der Waals surface area contributed by atoms with Crippen molar-refractivity contribution < 1.29 is 31.5 Å². The molecule has 8 heteroatoms. The van der Waals surface area contributed by atoms with Gasteiger partial charge in [-0.2, -0.15) is 13.2 Å². The monoisotopic (exact) mass is 296 g/mol. The summed E-state index contributed by atoms with van der Waals surface area (Å²) in [5.74, 6) is -7.17. The van der Waals surface area contributed by atoms with Crippen LogP contribution < -0.4 is 0 Å². The Bertz CT molecular complexity index is 537. The van der Waals surface area contributed by atoms with Crippen molar-refractivity contribution in [1.29, 1.82) is 0 Å². The molecule has 0 fully saturated rings. The summed E-state index contributed by atoms with van der Waals surface area (Å²) in [6, 6.07) is 7.61. The third kappa shape index (κ3) is 4.90. The molecule has 1 aromatic carbocycles. The quantitative estimate of drug-likeness (QED) is 0.900. The first kappa shape index (κ1) is 15.5. The second kappa shape index (κ2) is 5.60. The van der Waals surface area contributed by atoms with Crippen LogP contribution in [0.2, 0.25) is 0 Å². The second-order valence-electron chi connectivity index (χ2n) is 3.97. The van der Waals surface area contributed by atoms with Crippen LogP contribution in [0.1, 0.15) is 5.56 Å². The van der Waals surface area contributed by atoms with Crippen LogP contribution in [0.5, 0.6) is 0 Å². The molecule has 0 aliphatic heterocycles. The van der Waals surface area contributed by atoms with Crippen LogP contribution in [0.15, 0.2) is 30.3 Å². The van der Waals surface area contributed by atoms with Crippen LogP contribution in [0.4, 0.5) is 13.2 Å². The van der Waals surface area contributed by atoms with Gasteiger partial charge in [-0.3, -0.25) is 4.79 Å². The summed E-state index contributed by atoms with van der Waals surface area (Å²) < 4.78 is 60.4. The van der Waals surface area contributed by atoms with Gasteiger partial charge in [0.05, 0.1) is 11.5 Å². The molecule has 0 radical (unpaired) electrons. The topological polar surface area (TPSA) is 71.4 Å². The number of carboxylic acids is 1. The molecular weight excluding hydrogens is 285 g/mol. The number of carbonyl (C=O) groups is 1. The van der Waals surface area contributed by atoms with E-state index in [4.69, 9.17) is 5.11 Å². The largest absolute Gasteiger partial charge is 0.481 e. The molecule has 0 aromatic heterocycles. The van der Waals surface area contributed by atoms with E-state index in [1.54, 1.807) is 18.2 Å². The molecule has 1 aromatic rings. The summed E-state index contributed by atoms with van der Waals surface area (Å²) in [5, 5.41) is 8.45. The Hall–Kier alpha value is -1.57. The molecule has 1 unspecified atom stereocenters. The van der Waals surface area contributed by atoms with Crippen molar-refractivity contribution in [2.75, 3.05) is 5.75 Å². The number of halogens is 3. The first-order valence-corrected chi connectivity index (χ1v) is 6.98. The number of benzene rings is 1. The number of sulfone groups is 1. The van der Waals surface area contributed by atoms with Crippen molar-refractivity contribution in [3.8, 4) is 0 Å². The molecular formula is C11H11F3O4S. The number of hydrogen-bond acceptors (Lipinski definition) is 3. The van der Waals surface area contributed by atoms with Gasteiger partial charge in [0.15, 0.2) is 15.8 Å². The minimum absolute atomic E-state index is 0.314. The molecule has 19 heavy (non-hydrogen) atoms. The fraction of sp³-hybridized carbons (Fsp3) is 0.364. The second-order valence-corrected chi connectivity index (χ2v) is 6.08. The van der Waals surface area contributed by atoms with E-state index in [1.807, 2.05) is 0 Å². The number of carboxylic acid groups (broad SMARTS) is 1. The lowest BCUT2D eigenvalue weighted by Crippen LogP contribution is -2.36. The lowest BCUT2D eigenvalue weighted by molar-refractivity contribution is -0.189. The van der Waals surface area contributed by atoms with E-state index in [-0.39, 0.29) is 0 Å². The fourth-order valence-corrected chi connectivity index (χ4v) is 3.10. The van der Waals surface area contributed by atoms with Crippen molar-refractivity contribution in [1.82, 2.24) is 0 Å². The molecule has 4 nitrogen and oxygen atoms in total. The standard InChI is InChI=1S/C11H11F3O4S/c12-11(13,14)9(10(15)16)7-19(17,18)6-8-4-2-1-3-5-8/h1-5,9H,6-7H2,(H,15,16). The minimum Gasteiger partial charge on any atom is -0.481 e. The van der Waals surface area contributed by atoms with Gasteiger partial charge in [0.2, 0.25) is 0 Å². The SMILES string of the molecule is O=C(O)C(CS(=O)(=O)Cc1ccccc1)C(F)(F)F. The van der Waals surface area contributed by atoms with Gasteiger partial charge < -0.3 is 5.11 Å². The van der Waals surface area contributed by atoms with E-state index in [0.29, 0.717) is 5.56 Å². The normalized spacial score (nSPS) is 14.1. The fourth-order valence-electron chi connectivity index (χ4n) is 1.45. The summed E-state index contributed by atoms with van der Waals surface area (Å²) in [4.78, 5) is 10.5. The predicted octanol–water partition coefficient (Wildman–Crippen LogP) is 1.86. The Morgan fingerprint density at radius 3 is 2.16 bits per heavy atom. The summed E-state index contributed by atoms with van der Waals surface area (Å²) in [5.41, 5.74) is 0.314. The minimum atomic E-state index is -5.09. The molecule has 1 rings (SSSR count). The summed E-state index contributed by atoms with van der Waals surface area (Å²) in [6.45, 7) is 0. The van der Waals surface area contributed by atoms with E-state index in [0.717, 1.165) is 0 Å². The number of aliphatic carboxylic acids is 1. The number of rotatable bonds is 5. The number of hydrogen-bond donors (Lipinski definition) is 1. The van der Waals surface area contributed by atoms with Crippen molar-refractivity contribution in [2.45, 2.75) is 11.9 Å². The summed E-state index contributed by atoms with van der Waals surface area (Å²) >= 11 is 0. The smallest absolute Gasteiger partial charge is 0.403 e. The van der Waals surface area contributed by atoms with Crippen LogP contribution in [0.25, 0.3) is 0 Å². The van der Waals surface area contributed by atoms with Crippen LogP contribution in [0.3, 0.4) is 0 Å². The van der Waals surface area contributed by atoms with Gasteiger partial charge in [0.1, 0.15) is 0 Å². The van der Waals surface area contributed by atoms with Crippen molar-refractivity contribution >= 4 is 15.8 Å². The molecule has 0 aliphatic rings. The molecule has 1 atom stereocenters. The predicted molar refractivity (Wildman–Crippen MR) is 61.1 cm³/mol. The third-order valence-corrected chi connectivity index (χ3v) is 3.96. The Kier molecular flexibility index (Phi) is 4.56. The highest BCUT2D eigenvalue weighted by atomic mass is 32.2. The Morgan fingerprint density at radius 2 is 1.74 bits per heavy atom. The van der Waals surface area contributed by atoms with Gasteiger partial charge in [0.25, 0.3) is 0 Å². The third-order valence-electron chi connectivity index (χ3n) is 2.34. The molecule has 0 saturated heterocycles. The van der Waals surface area contributed by atoms with E-state index < -0.39 is 39.4 Å². The highest BCUT2D eigenvalue weighted by Gasteiger charge is 2.47. The molecule has 0 aliphatic carbocycles. The Balaban J connectivity index is 2.87. The number of alkyl halides is 3. The molecule has 0 heterocycles. The molecule has 0 amide bonds. The maximum atomic E-state index is 12.4. The van der Waals surface area contributed by atoms with Gasteiger partial charge in [-0.1, -0.05) is 30.3 Å². The zero-order valence-electron chi connectivity index (χ0n) is 9.59. The molecule has 0 bridgehead atoms. The van der Waals surface area contributed by atoms with Crippen LogP contribution in [-0.4, -0.2) is 31.4 Å². The lowest BCUT2D eigenvalue weighted by atomic mass is 10.2. The van der Waals surface area contributed by atoms with Crippen LogP contribution in [0, 0.1) is 5.92 Å². The summed E-state index contributed by atoms with van der Waals surface area (Å²) in [6.07, 6.45) is -5.09. The maximum absolute atomic E-state index is 12.4. The van der Waals surface area contributed by atoms with E-state index >= 15 is 0 Å². The average molecular weight is 296 g/mol. The zero-order valence-corrected chi connectivity index (χ0v) is 10.4. The van der Waals surface area contributed by atoms with Gasteiger partial charge in [-0.15, -0.1) is 0 Å². The average Bonchev–Trinajstić information content (AvgIpc) is 2.25. The van der Waals surface area contributed by atoms with Crippen LogP contribution >= 0.6 is 0 Å². The van der Waals surface area contributed by atoms with Crippen molar-refractivity contribution in [3.63, 3.8) is 0 Å². The van der Waals surface area contributed by atoms with E-state index in [2.05, 4.69) is 0 Å². The van der Waals surface area contributed by atoms with Gasteiger partial charge in [-0.05, 0) is 5.56 Å². The van der Waals surface area contributed by atoms with Gasteiger partial charge >= 0.3 is 12.1 Å². The van der Waals surface area contributed by atoms with Gasteiger partial charge in [-0.25, -0.2) is 8.42 Å². The molecule has 106 valence electrons. The van der Waals surface area contributed by atoms with Crippen molar-refractivity contribution in [2.24, 2.45) is 5.92 Å². The van der Waals surface area contributed by atoms with Gasteiger partial charge in [0, 0.05) is 0 Å². The molecule has 0 saturated carbocycles. The Labute approximate surface area is 107 Å². The Morgan fingerprint density at radius 1 is 1.21 bits per heavy atom. The first-order chi connectivity index (χ1) is 8.62. The maximum Gasteiger partial charge on any atom is 0.403 e. The summed E-state index contributed by atoms with van der Waals surface area (Å²) in [7, 11) is -4.16. The molecule has 0 spiro atoms. The van der Waals surface area contributed by atoms with E-state index in [9.17, 15) is 26.4 Å². The zero-order chi connectivity index (χ0) is 14.7.